The molecule has 1 unspecified atom stereocenters. The number of aliphatic hydroxyl groups is 1. The summed E-state index contributed by atoms with van der Waals surface area (Å²) in [5, 5.41) is 21.5. The molecule has 2 aromatic carbocycles. The number of aliphatic hydroxyl groups excluding tert-OH is 1. The quantitative estimate of drug-likeness (QED) is 0.813. The Morgan fingerprint density at radius 2 is 1.17 bits per heavy atom. The first-order valence-electron chi connectivity index (χ1n) is 8.12. The van der Waals surface area contributed by atoms with Crippen molar-refractivity contribution in [3.05, 3.63) is 64.7 Å². The summed E-state index contributed by atoms with van der Waals surface area (Å²) < 4.78 is 0. The molecule has 0 saturated carbocycles. The van der Waals surface area contributed by atoms with Gasteiger partial charge in [0.2, 0.25) is 0 Å². The van der Waals surface area contributed by atoms with Crippen molar-refractivity contribution in [2.45, 2.75) is 58.5 Å². The van der Waals surface area contributed by atoms with E-state index in [9.17, 15) is 10.2 Å². The smallest absolute Gasteiger partial charge is 0.123 e. The molecule has 23 heavy (non-hydrogen) atoms. The van der Waals surface area contributed by atoms with E-state index in [1.807, 2.05) is 42.5 Å². The summed E-state index contributed by atoms with van der Waals surface area (Å²) in [5.41, 5.74) is 3.03. The van der Waals surface area contributed by atoms with E-state index in [1.165, 1.54) is 0 Å². The second kappa shape index (κ2) is 6.01. The molecular formula is C21H28O2. The summed E-state index contributed by atoms with van der Waals surface area (Å²) in [6, 6.07) is 13.5. The van der Waals surface area contributed by atoms with Crippen LogP contribution in [0.15, 0.2) is 42.5 Å². The molecule has 0 aliphatic rings. The molecule has 0 aliphatic heterocycles. The summed E-state index contributed by atoms with van der Waals surface area (Å²) in [4.78, 5) is 0. The first-order valence-corrected chi connectivity index (χ1v) is 8.12. The molecule has 124 valence electrons. The number of aromatic hydroxyl groups is 1. The second-order valence-corrected chi connectivity index (χ2v) is 8.28. The van der Waals surface area contributed by atoms with Gasteiger partial charge in [0.05, 0.1) is 0 Å². The van der Waals surface area contributed by atoms with E-state index in [0.29, 0.717) is 5.75 Å². The van der Waals surface area contributed by atoms with Crippen LogP contribution in [-0.2, 0) is 10.8 Å². The molecule has 0 aromatic heterocycles. The largest absolute Gasteiger partial charge is 0.507 e. The van der Waals surface area contributed by atoms with Crippen LogP contribution in [0.3, 0.4) is 0 Å². The Hall–Kier alpha value is -1.80. The first kappa shape index (κ1) is 17.6. The van der Waals surface area contributed by atoms with Crippen molar-refractivity contribution < 1.29 is 10.2 Å². The van der Waals surface area contributed by atoms with Gasteiger partial charge in [-0.1, -0.05) is 71.9 Å². The second-order valence-electron chi connectivity index (χ2n) is 8.28. The van der Waals surface area contributed by atoms with Gasteiger partial charge in [-0.3, -0.25) is 0 Å². The number of rotatable bonds is 2. The van der Waals surface area contributed by atoms with Crippen LogP contribution in [0.5, 0.6) is 5.75 Å². The Balaban J connectivity index is 2.65. The third-order valence-electron chi connectivity index (χ3n) is 4.18. The van der Waals surface area contributed by atoms with Gasteiger partial charge in [0, 0.05) is 0 Å². The molecule has 0 spiro atoms. The van der Waals surface area contributed by atoms with Gasteiger partial charge in [0.15, 0.2) is 0 Å². The van der Waals surface area contributed by atoms with Crippen LogP contribution < -0.4 is 0 Å². The maximum atomic E-state index is 10.8. The Morgan fingerprint density at radius 1 is 0.739 bits per heavy atom. The van der Waals surface area contributed by atoms with Crippen molar-refractivity contribution in [2.75, 3.05) is 0 Å². The Bertz CT molecular complexity index is 638. The molecule has 2 N–H and O–H groups in total. The summed E-state index contributed by atoms with van der Waals surface area (Å²) in [6.45, 7) is 12.5. The van der Waals surface area contributed by atoms with Gasteiger partial charge < -0.3 is 10.2 Å². The first-order chi connectivity index (χ1) is 10.5. The molecule has 0 saturated heterocycles. The maximum absolute atomic E-state index is 10.8. The standard InChI is InChI=1S/C21H28O2/c1-20(2,3)16-12-15(13-17(19(16)23)21(4,5)6)18(22)14-10-8-7-9-11-14/h7-13,18,22-23H,1-6H3. The number of phenols is 1. The normalized spacial score (nSPS) is 13.9. The van der Waals surface area contributed by atoms with Gasteiger partial charge in [0.1, 0.15) is 11.9 Å². The third-order valence-corrected chi connectivity index (χ3v) is 4.18. The van der Waals surface area contributed by atoms with Crippen LogP contribution in [0, 0.1) is 0 Å². The summed E-state index contributed by atoms with van der Waals surface area (Å²) in [5.74, 6) is 0.342. The minimum Gasteiger partial charge on any atom is -0.507 e. The number of benzene rings is 2. The summed E-state index contributed by atoms with van der Waals surface area (Å²) in [6.07, 6.45) is -0.695. The van der Waals surface area contributed by atoms with Gasteiger partial charge in [0.25, 0.3) is 0 Å². The minimum atomic E-state index is -0.695. The van der Waals surface area contributed by atoms with Crippen LogP contribution in [0.25, 0.3) is 0 Å². The highest BCUT2D eigenvalue weighted by molar-refractivity contribution is 5.51. The molecule has 0 radical (unpaired) electrons. The van der Waals surface area contributed by atoms with Gasteiger partial charge in [-0.05, 0) is 45.2 Å². The lowest BCUT2D eigenvalue weighted by atomic mass is 9.77. The molecule has 0 bridgehead atoms. The fourth-order valence-electron chi connectivity index (χ4n) is 2.79. The lowest BCUT2D eigenvalue weighted by Crippen LogP contribution is -2.18. The van der Waals surface area contributed by atoms with Crippen molar-refractivity contribution >= 4 is 0 Å². The zero-order valence-corrected chi connectivity index (χ0v) is 15.0. The number of hydrogen-bond acceptors (Lipinski definition) is 2. The van der Waals surface area contributed by atoms with E-state index in [0.717, 1.165) is 22.3 Å². The van der Waals surface area contributed by atoms with Crippen molar-refractivity contribution in [3.8, 4) is 5.75 Å². The highest BCUT2D eigenvalue weighted by Crippen LogP contribution is 2.41. The zero-order valence-electron chi connectivity index (χ0n) is 15.0. The van der Waals surface area contributed by atoms with E-state index < -0.39 is 6.10 Å². The average molecular weight is 312 g/mol. The van der Waals surface area contributed by atoms with Crippen molar-refractivity contribution in [2.24, 2.45) is 0 Å². The van der Waals surface area contributed by atoms with E-state index in [4.69, 9.17) is 0 Å². The predicted octanol–water partition coefficient (Wildman–Crippen LogP) is 5.07. The zero-order chi connectivity index (χ0) is 17.4. The maximum Gasteiger partial charge on any atom is 0.123 e. The molecule has 2 aromatic rings. The fraction of sp³-hybridized carbons (Fsp3) is 0.429. The van der Waals surface area contributed by atoms with E-state index >= 15 is 0 Å². The summed E-state index contributed by atoms with van der Waals surface area (Å²) >= 11 is 0. The highest BCUT2D eigenvalue weighted by Gasteiger charge is 2.28. The van der Waals surface area contributed by atoms with Gasteiger partial charge in [-0.2, -0.15) is 0 Å². The van der Waals surface area contributed by atoms with E-state index in [2.05, 4.69) is 41.5 Å². The molecule has 0 heterocycles. The molecule has 0 fully saturated rings. The van der Waals surface area contributed by atoms with Crippen LogP contribution in [-0.4, -0.2) is 10.2 Å². The van der Waals surface area contributed by atoms with Gasteiger partial charge in [-0.25, -0.2) is 0 Å². The number of phenolic OH excluding ortho intramolecular Hbond substituents is 1. The molecule has 0 aliphatic carbocycles. The highest BCUT2D eigenvalue weighted by atomic mass is 16.3. The Morgan fingerprint density at radius 3 is 1.57 bits per heavy atom. The molecule has 2 nitrogen and oxygen atoms in total. The Labute approximate surface area is 139 Å². The van der Waals surface area contributed by atoms with E-state index in [1.54, 1.807) is 0 Å². The lowest BCUT2D eigenvalue weighted by molar-refractivity contribution is 0.219. The average Bonchev–Trinajstić information content (AvgIpc) is 2.45. The van der Waals surface area contributed by atoms with Gasteiger partial charge >= 0.3 is 0 Å². The molecular weight excluding hydrogens is 284 g/mol. The van der Waals surface area contributed by atoms with Gasteiger partial charge in [-0.15, -0.1) is 0 Å². The lowest BCUT2D eigenvalue weighted by Gasteiger charge is -2.29. The van der Waals surface area contributed by atoms with Crippen molar-refractivity contribution in [3.63, 3.8) is 0 Å². The Kier molecular flexibility index (Phi) is 4.59. The van der Waals surface area contributed by atoms with Crippen LogP contribution in [0.2, 0.25) is 0 Å². The fourth-order valence-corrected chi connectivity index (χ4v) is 2.79. The molecule has 1 atom stereocenters. The molecule has 0 amide bonds. The predicted molar refractivity (Wildman–Crippen MR) is 96.0 cm³/mol. The SMILES string of the molecule is CC(C)(C)c1cc(C(O)c2ccccc2)cc(C(C)(C)C)c1O. The van der Waals surface area contributed by atoms with Crippen molar-refractivity contribution in [1.29, 1.82) is 0 Å². The van der Waals surface area contributed by atoms with Crippen LogP contribution in [0.1, 0.15) is 69.9 Å². The van der Waals surface area contributed by atoms with Crippen LogP contribution >= 0.6 is 0 Å². The van der Waals surface area contributed by atoms with Crippen LogP contribution in [0.4, 0.5) is 0 Å². The van der Waals surface area contributed by atoms with E-state index in [-0.39, 0.29) is 10.8 Å². The monoisotopic (exact) mass is 312 g/mol. The molecule has 2 rings (SSSR count). The minimum absolute atomic E-state index is 0.198. The van der Waals surface area contributed by atoms with Crippen molar-refractivity contribution in [1.82, 2.24) is 0 Å². The summed E-state index contributed by atoms with van der Waals surface area (Å²) in [7, 11) is 0. The number of hydrogen-bond donors (Lipinski definition) is 2. The topological polar surface area (TPSA) is 40.5 Å². The molecule has 2 heteroatoms. The third kappa shape index (κ3) is 3.76.